The first kappa shape index (κ1) is 64.8. The molecule has 2 aliphatic heterocycles. The number of carbonyl (C=O) groups is 6. The van der Waals surface area contributed by atoms with Crippen molar-refractivity contribution in [1.82, 2.24) is 44.6 Å². The third kappa shape index (κ3) is 16.8. The smallest absolute Gasteiger partial charge is 0.410 e. The summed E-state index contributed by atoms with van der Waals surface area (Å²) in [5.41, 5.74) is 2.48. The molecule has 9 atom stereocenters. The number of ketones is 1. The summed E-state index contributed by atoms with van der Waals surface area (Å²) in [5.74, 6) is -2.91. The van der Waals surface area contributed by atoms with E-state index >= 15 is 0 Å². The molecule has 1 aliphatic carbocycles. The Morgan fingerprint density at radius 2 is 1.49 bits per heavy atom. The molecule has 438 valence electrons. The Morgan fingerprint density at radius 3 is 2.03 bits per heavy atom. The Bertz CT molecular complexity index is 2440. The van der Waals surface area contributed by atoms with Crippen LogP contribution in [0.1, 0.15) is 123 Å². The first-order chi connectivity index (χ1) is 36.9. The number of methoxy groups -OCH3 is 2. The molecule has 20 nitrogen and oxygen atoms in total. The number of alkyl halides is 2. The highest BCUT2D eigenvalue weighted by molar-refractivity contribution is 9.09. The van der Waals surface area contributed by atoms with Gasteiger partial charge in [-0.25, -0.2) is 17.9 Å². The zero-order chi connectivity index (χ0) is 57.8. The van der Waals surface area contributed by atoms with Crippen molar-refractivity contribution < 1.29 is 51.4 Å². The Kier molecular flexibility index (Phi) is 24.6. The van der Waals surface area contributed by atoms with E-state index in [0.29, 0.717) is 80.4 Å². The summed E-state index contributed by atoms with van der Waals surface area (Å²) < 4.78 is 48.0. The molecule has 3 fully saturated rings. The lowest BCUT2D eigenvalue weighted by molar-refractivity contribution is -0.149. The summed E-state index contributed by atoms with van der Waals surface area (Å²) in [5, 5.41) is 12.0. The number of amides is 5. The molecule has 2 N–H and O–H groups in total. The van der Waals surface area contributed by atoms with Gasteiger partial charge >= 0.3 is 6.09 Å². The summed E-state index contributed by atoms with van der Waals surface area (Å²) in [4.78, 5) is 91.1. The number of rotatable bonds is 29. The Hall–Kier alpha value is -4.03. The predicted octanol–water partition coefficient (Wildman–Crippen LogP) is 6.35. The highest BCUT2D eigenvalue weighted by atomic mass is 79.9. The van der Waals surface area contributed by atoms with Gasteiger partial charge < -0.3 is 34.2 Å². The van der Waals surface area contributed by atoms with E-state index < -0.39 is 75.4 Å². The number of Topliss-reactive ketones (excluding diaryl/α,β-unsaturated/α-hetero) is 1. The monoisotopic (exact) mass is 1240 g/mol. The van der Waals surface area contributed by atoms with Crippen molar-refractivity contribution in [3.05, 3.63) is 41.2 Å². The highest BCUT2D eigenvalue weighted by Gasteiger charge is 2.44. The maximum atomic E-state index is 14.5. The topological polar surface area (TPSA) is 232 Å². The van der Waals surface area contributed by atoms with Crippen molar-refractivity contribution in [2.24, 2.45) is 35.5 Å². The summed E-state index contributed by atoms with van der Waals surface area (Å²) in [7, 11) is 4.50. The fourth-order valence-corrected chi connectivity index (χ4v) is 13.8. The number of ether oxygens (including phenoxy) is 3. The number of halogens is 2. The van der Waals surface area contributed by atoms with Crippen LogP contribution in [0, 0.1) is 35.5 Å². The van der Waals surface area contributed by atoms with Crippen LogP contribution in [0.5, 0.6) is 5.75 Å². The van der Waals surface area contributed by atoms with Crippen molar-refractivity contribution in [2.75, 3.05) is 55.0 Å². The van der Waals surface area contributed by atoms with E-state index in [2.05, 4.69) is 52.2 Å². The molecule has 1 aromatic heterocycles. The maximum Gasteiger partial charge on any atom is 0.415 e. The van der Waals surface area contributed by atoms with E-state index in [1.54, 1.807) is 52.9 Å². The van der Waals surface area contributed by atoms with Crippen molar-refractivity contribution >= 4 is 77.4 Å². The molecule has 0 bridgehead atoms. The zero-order valence-corrected chi connectivity index (χ0v) is 51.9. The second-order valence-corrected chi connectivity index (χ2v) is 25.7. The van der Waals surface area contributed by atoms with E-state index in [0.717, 1.165) is 24.2 Å². The SMILES string of the molecule is CC[C@H](C)[C@@H]([C@@H](CC(=O)N1CCC[C@H]1[C@H](OC)[C@@H](C)C(=O)N[C@@H](Cc1ccc(OC(=O)N2CCC(Cn3nnc(CBr)c3CBr)CC2)cc1)C(=O)NS(=O)(=O)C1CC1)OC)N(C)C(=O)[C@@H](CC(=O)[C@H](C(C)C)N(C)C)C(C)C. The minimum absolute atomic E-state index is 0.00810. The van der Waals surface area contributed by atoms with Crippen molar-refractivity contribution in [3.8, 4) is 5.75 Å². The third-order valence-electron chi connectivity index (χ3n) is 16.2. The number of benzene rings is 1. The minimum Gasteiger partial charge on any atom is -0.410 e. The number of likely N-dealkylation sites (N-methyl/N-ethyl adjacent to an activating group) is 2. The van der Waals surface area contributed by atoms with Crippen molar-refractivity contribution in [2.45, 2.75) is 172 Å². The number of likely N-dealkylation sites (tertiary alicyclic amines) is 2. The van der Waals surface area contributed by atoms with E-state index in [1.807, 2.05) is 65.2 Å². The lowest BCUT2D eigenvalue weighted by Crippen LogP contribution is -2.55. The number of nitrogens with zero attached hydrogens (tertiary/aromatic N) is 7. The van der Waals surface area contributed by atoms with Crippen LogP contribution in [0.2, 0.25) is 0 Å². The van der Waals surface area contributed by atoms with Crippen LogP contribution < -0.4 is 14.8 Å². The molecule has 5 rings (SSSR count). The number of piperidine rings is 1. The van der Waals surface area contributed by atoms with Gasteiger partial charge in [-0.15, -0.1) is 5.10 Å². The van der Waals surface area contributed by atoms with Gasteiger partial charge in [0.2, 0.25) is 27.7 Å². The van der Waals surface area contributed by atoms with E-state index in [4.69, 9.17) is 14.2 Å². The van der Waals surface area contributed by atoms with Crippen LogP contribution in [0.15, 0.2) is 24.3 Å². The van der Waals surface area contributed by atoms with Crippen LogP contribution in [0.3, 0.4) is 0 Å². The first-order valence-electron chi connectivity index (χ1n) is 27.7. The van der Waals surface area contributed by atoms with Crippen LogP contribution in [0.25, 0.3) is 0 Å². The van der Waals surface area contributed by atoms with E-state index in [-0.39, 0.29) is 66.4 Å². The highest BCUT2D eigenvalue weighted by Crippen LogP contribution is 2.32. The number of aromatic nitrogens is 3. The average Bonchev–Trinajstić information content (AvgIpc) is 4.06. The normalized spacial score (nSPS) is 19.5. The van der Waals surface area contributed by atoms with Gasteiger partial charge in [-0.1, -0.05) is 104 Å². The maximum absolute atomic E-state index is 14.5. The van der Waals surface area contributed by atoms with E-state index in [9.17, 15) is 37.2 Å². The van der Waals surface area contributed by atoms with Gasteiger partial charge in [-0.05, 0) is 94.0 Å². The van der Waals surface area contributed by atoms with Gasteiger partial charge in [0.1, 0.15) is 11.8 Å². The van der Waals surface area contributed by atoms with Crippen LogP contribution in [-0.2, 0) is 67.1 Å². The summed E-state index contributed by atoms with van der Waals surface area (Å²) in [6, 6.07) is 3.81. The van der Waals surface area contributed by atoms with Gasteiger partial charge in [0.15, 0.2) is 5.78 Å². The molecule has 23 heteroatoms. The molecular weight excluding hydrogens is 1150 g/mol. The lowest BCUT2D eigenvalue weighted by atomic mass is 9.83. The Morgan fingerprint density at radius 1 is 0.833 bits per heavy atom. The first-order valence-corrected chi connectivity index (χ1v) is 31.5. The largest absolute Gasteiger partial charge is 0.415 e. The fraction of sp³-hybridized carbons (Fsp3) is 0.745. The minimum atomic E-state index is -3.98. The van der Waals surface area contributed by atoms with E-state index in [1.165, 1.54) is 14.2 Å². The van der Waals surface area contributed by atoms with Crippen LogP contribution in [0.4, 0.5) is 4.79 Å². The quantitative estimate of drug-likeness (QED) is 0.0846. The second kappa shape index (κ2) is 29.6. The predicted molar refractivity (Wildman–Crippen MR) is 304 cm³/mol. The van der Waals surface area contributed by atoms with Crippen molar-refractivity contribution in [3.63, 3.8) is 0 Å². The second-order valence-electron chi connectivity index (χ2n) is 22.6. The van der Waals surface area contributed by atoms with Gasteiger partial charge in [-0.2, -0.15) is 0 Å². The third-order valence-corrected chi connectivity index (χ3v) is 19.1. The average molecular weight is 1240 g/mol. The zero-order valence-electron chi connectivity index (χ0n) is 47.9. The molecule has 0 spiro atoms. The molecule has 3 heterocycles. The molecule has 1 saturated carbocycles. The summed E-state index contributed by atoms with van der Waals surface area (Å²) in [6.45, 7) is 15.7. The molecule has 1 aromatic carbocycles. The van der Waals surface area contributed by atoms with Gasteiger partial charge in [0.25, 0.3) is 5.91 Å². The summed E-state index contributed by atoms with van der Waals surface area (Å²) in [6.07, 6.45) is 2.18. The number of carbonyl (C=O) groups excluding carboxylic acids is 6. The molecule has 0 radical (unpaired) electrons. The molecule has 3 aliphatic rings. The molecule has 2 saturated heterocycles. The number of hydrogen-bond donors (Lipinski definition) is 2. The fourth-order valence-electron chi connectivity index (χ4n) is 11.4. The lowest BCUT2D eigenvalue weighted by Gasteiger charge is -2.41. The molecule has 0 unspecified atom stereocenters. The van der Waals surface area contributed by atoms with Gasteiger partial charge in [-0.3, -0.25) is 33.6 Å². The number of nitrogens with one attached hydrogen (secondary N) is 2. The molecule has 78 heavy (non-hydrogen) atoms. The van der Waals surface area contributed by atoms with Gasteiger partial charge in [0, 0.05) is 76.9 Å². The Labute approximate surface area is 479 Å². The number of hydrogen-bond acceptors (Lipinski definition) is 14. The van der Waals surface area contributed by atoms with Crippen LogP contribution in [-0.4, -0.2) is 175 Å². The number of sulfonamides is 1. The molecular formula is C55H87Br2N9O11S. The molecule has 5 amide bonds. The van der Waals surface area contributed by atoms with Crippen LogP contribution >= 0.6 is 31.9 Å². The standard InChI is InChI=1S/C55H87Br2N9O11S/c1-13-35(6)50(63(10)54(71)41(33(2)3)28-46(67)49(34(4)5)62(8)9)47(75-11)29-48(68)65-24-14-15-44(65)51(76-12)36(7)52(69)58-42(53(70)60-78(73,74)40-20-21-40)27-37-16-18-39(19-17-37)77-55(72)64-25-22-38(23-26-64)32-66-45(31-57)43(30-56)59-61-66/h16-19,33-36,38,40-42,44,47,49-51H,13-15,20-32H2,1-12H3,(H,58,69)(H,60,70)/t35-,36+,41-,42-,44-,47+,49-,50-,51+/m0/s1. The summed E-state index contributed by atoms with van der Waals surface area (Å²) >= 11 is 7.00. The molecule has 2 aromatic rings. The van der Waals surface area contributed by atoms with Crippen molar-refractivity contribution in [1.29, 1.82) is 0 Å². The Balaban J connectivity index is 1.25. The van der Waals surface area contributed by atoms with Gasteiger partial charge in [0.05, 0.1) is 59.3 Å².